The molecular weight excluding hydrogens is 274 g/mol. The SMILES string of the molecule is CCCC(Cc1ncnn1C(C)C)(C(=O)O)C(=O)OCC. The summed E-state index contributed by atoms with van der Waals surface area (Å²) in [5.41, 5.74) is -1.61. The maximum Gasteiger partial charge on any atom is 0.323 e. The number of aromatic nitrogens is 3. The number of nitrogens with zero attached hydrogens (tertiary/aromatic N) is 3. The van der Waals surface area contributed by atoms with Crippen LogP contribution < -0.4 is 0 Å². The highest BCUT2D eigenvalue weighted by atomic mass is 16.5. The van der Waals surface area contributed by atoms with Crippen molar-refractivity contribution in [2.24, 2.45) is 5.41 Å². The Morgan fingerprint density at radius 3 is 2.57 bits per heavy atom. The quantitative estimate of drug-likeness (QED) is 0.581. The van der Waals surface area contributed by atoms with Crippen molar-refractivity contribution >= 4 is 11.9 Å². The van der Waals surface area contributed by atoms with Gasteiger partial charge in [0.2, 0.25) is 0 Å². The Bertz CT molecular complexity index is 498. The molecule has 0 radical (unpaired) electrons. The molecule has 0 aliphatic carbocycles. The second kappa shape index (κ2) is 7.19. The Kier molecular flexibility index (Phi) is 5.87. The average Bonchev–Trinajstić information content (AvgIpc) is 2.86. The van der Waals surface area contributed by atoms with Crippen LogP contribution in [0.15, 0.2) is 6.33 Å². The lowest BCUT2D eigenvalue weighted by molar-refractivity contribution is -0.169. The van der Waals surface area contributed by atoms with E-state index in [-0.39, 0.29) is 25.5 Å². The first-order chi connectivity index (χ1) is 9.89. The Balaban J connectivity index is 3.20. The molecule has 0 aliphatic heterocycles. The van der Waals surface area contributed by atoms with Gasteiger partial charge in [0.05, 0.1) is 6.61 Å². The number of rotatable bonds is 8. The van der Waals surface area contributed by atoms with E-state index in [2.05, 4.69) is 10.1 Å². The molecule has 1 heterocycles. The van der Waals surface area contributed by atoms with Crippen LogP contribution in [0.2, 0.25) is 0 Å². The van der Waals surface area contributed by atoms with Crippen LogP contribution in [-0.4, -0.2) is 38.4 Å². The number of hydrogen-bond acceptors (Lipinski definition) is 5. The first-order valence-electron chi connectivity index (χ1n) is 7.18. The van der Waals surface area contributed by atoms with Crippen molar-refractivity contribution in [1.82, 2.24) is 14.8 Å². The molecule has 7 heteroatoms. The van der Waals surface area contributed by atoms with Crippen molar-refractivity contribution in [3.05, 3.63) is 12.2 Å². The summed E-state index contributed by atoms with van der Waals surface area (Å²) in [6.07, 6.45) is 2.11. The minimum Gasteiger partial charge on any atom is -0.480 e. The minimum absolute atomic E-state index is 0.0206. The van der Waals surface area contributed by atoms with Gasteiger partial charge in [-0.1, -0.05) is 13.3 Å². The van der Waals surface area contributed by atoms with Gasteiger partial charge in [-0.25, -0.2) is 9.67 Å². The molecule has 0 saturated carbocycles. The molecule has 0 amide bonds. The highest BCUT2D eigenvalue weighted by Gasteiger charge is 2.48. The lowest BCUT2D eigenvalue weighted by Crippen LogP contribution is -2.43. The predicted molar refractivity (Wildman–Crippen MR) is 75.7 cm³/mol. The number of carboxylic acid groups (broad SMARTS) is 1. The molecule has 0 aliphatic rings. The lowest BCUT2D eigenvalue weighted by Gasteiger charge is -2.26. The van der Waals surface area contributed by atoms with Crippen LogP contribution in [0.25, 0.3) is 0 Å². The molecule has 1 aromatic rings. The van der Waals surface area contributed by atoms with Gasteiger partial charge in [0.15, 0.2) is 5.41 Å². The van der Waals surface area contributed by atoms with E-state index in [4.69, 9.17) is 4.74 Å². The summed E-state index contributed by atoms with van der Waals surface area (Å²) in [6, 6.07) is 0.0396. The first-order valence-corrected chi connectivity index (χ1v) is 7.18. The molecule has 0 bridgehead atoms. The van der Waals surface area contributed by atoms with Crippen LogP contribution in [0.5, 0.6) is 0 Å². The summed E-state index contributed by atoms with van der Waals surface area (Å²) in [5, 5.41) is 13.7. The molecule has 1 rings (SSSR count). The molecule has 1 N–H and O–H groups in total. The van der Waals surface area contributed by atoms with Gasteiger partial charge in [0, 0.05) is 12.5 Å². The number of carbonyl (C=O) groups is 2. The molecule has 1 unspecified atom stereocenters. The van der Waals surface area contributed by atoms with Crippen molar-refractivity contribution in [2.45, 2.75) is 53.0 Å². The second-order valence-corrected chi connectivity index (χ2v) is 5.25. The van der Waals surface area contributed by atoms with E-state index in [0.29, 0.717) is 12.2 Å². The fraction of sp³-hybridized carbons (Fsp3) is 0.714. The zero-order chi connectivity index (χ0) is 16.0. The fourth-order valence-corrected chi connectivity index (χ4v) is 2.33. The molecular formula is C14H23N3O4. The molecule has 1 aromatic heterocycles. The van der Waals surface area contributed by atoms with Gasteiger partial charge in [-0.2, -0.15) is 5.10 Å². The van der Waals surface area contributed by atoms with Crippen molar-refractivity contribution in [2.75, 3.05) is 6.61 Å². The summed E-state index contributed by atoms with van der Waals surface area (Å²) in [6.45, 7) is 7.49. The number of hydrogen-bond donors (Lipinski definition) is 1. The standard InChI is InChI=1S/C14H23N3O4/c1-5-7-14(12(18)19,13(20)21-6-2)8-11-15-9-16-17(11)10(3)4/h9-10H,5-8H2,1-4H3,(H,18,19). The van der Waals surface area contributed by atoms with E-state index in [1.165, 1.54) is 6.33 Å². The molecule has 0 saturated heterocycles. The highest BCUT2D eigenvalue weighted by Crippen LogP contribution is 2.31. The molecule has 1 atom stereocenters. The molecule has 0 fully saturated rings. The Labute approximate surface area is 124 Å². The Morgan fingerprint density at radius 1 is 1.43 bits per heavy atom. The van der Waals surface area contributed by atoms with E-state index < -0.39 is 17.4 Å². The zero-order valence-corrected chi connectivity index (χ0v) is 13.0. The molecule has 21 heavy (non-hydrogen) atoms. The maximum atomic E-state index is 12.2. The van der Waals surface area contributed by atoms with Gasteiger partial charge in [0.1, 0.15) is 12.2 Å². The third kappa shape index (κ3) is 3.59. The maximum absolute atomic E-state index is 12.2. The van der Waals surface area contributed by atoms with Gasteiger partial charge < -0.3 is 9.84 Å². The first kappa shape index (κ1) is 17.1. The second-order valence-electron chi connectivity index (χ2n) is 5.25. The summed E-state index contributed by atoms with van der Waals surface area (Å²) in [7, 11) is 0. The largest absolute Gasteiger partial charge is 0.480 e. The van der Waals surface area contributed by atoms with Crippen molar-refractivity contribution in [1.29, 1.82) is 0 Å². The van der Waals surface area contributed by atoms with Gasteiger partial charge in [-0.05, 0) is 27.2 Å². The number of esters is 1. The normalized spacial score (nSPS) is 14.0. The number of ether oxygens (including phenoxy) is 1. The Hall–Kier alpha value is -1.92. The van der Waals surface area contributed by atoms with Gasteiger partial charge in [-0.3, -0.25) is 9.59 Å². The molecule has 7 nitrogen and oxygen atoms in total. The van der Waals surface area contributed by atoms with Crippen LogP contribution in [-0.2, 0) is 20.7 Å². The van der Waals surface area contributed by atoms with Crippen LogP contribution in [0.3, 0.4) is 0 Å². The monoisotopic (exact) mass is 297 g/mol. The highest BCUT2D eigenvalue weighted by molar-refractivity contribution is 5.99. The van der Waals surface area contributed by atoms with Gasteiger partial charge in [0.25, 0.3) is 0 Å². The minimum atomic E-state index is -1.61. The zero-order valence-electron chi connectivity index (χ0n) is 13.0. The van der Waals surface area contributed by atoms with Crippen LogP contribution >= 0.6 is 0 Å². The van der Waals surface area contributed by atoms with E-state index in [1.807, 2.05) is 20.8 Å². The summed E-state index contributed by atoms with van der Waals surface area (Å²) >= 11 is 0. The summed E-state index contributed by atoms with van der Waals surface area (Å²) < 4.78 is 6.62. The number of aliphatic carboxylic acids is 1. The average molecular weight is 297 g/mol. The van der Waals surface area contributed by atoms with Crippen LogP contribution in [0.4, 0.5) is 0 Å². The summed E-state index contributed by atoms with van der Waals surface area (Å²) in [4.78, 5) is 28.1. The molecule has 0 aromatic carbocycles. The van der Waals surface area contributed by atoms with Crippen molar-refractivity contribution in [3.8, 4) is 0 Å². The fourth-order valence-electron chi connectivity index (χ4n) is 2.33. The molecule has 0 spiro atoms. The van der Waals surface area contributed by atoms with E-state index in [9.17, 15) is 14.7 Å². The van der Waals surface area contributed by atoms with Crippen molar-refractivity contribution in [3.63, 3.8) is 0 Å². The third-order valence-corrected chi connectivity index (χ3v) is 3.35. The topological polar surface area (TPSA) is 94.3 Å². The number of carboxylic acids is 1. The number of carbonyl (C=O) groups excluding carboxylic acids is 1. The van der Waals surface area contributed by atoms with E-state index in [1.54, 1.807) is 11.6 Å². The van der Waals surface area contributed by atoms with Gasteiger partial charge >= 0.3 is 11.9 Å². The molecule has 118 valence electrons. The van der Waals surface area contributed by atoms with Crippen LogP contribution in [0.1, 0.15) is 52.4 Å². The predicted octanol–water partition coefficient (Wildman–Crippen LogP) is 1.84. The smallest absolute Gasteiger partial charge is 0.323 e. The Morgan fingerprint density at radius 2 is 2.10 bits per heavy atom. The summed E-state index contributed by atoms with van der Waals surface area (Å²) in [5.74, 6) is -1.41. The van der Waals surface area contributed by atoms with E-state index in [0.717, 1.165) is 0 Å². The van der Waals surface area contributed by atoms with E-state index >= 15 is 0 Å². The lowest BCUT2D eigenvalue weighted by atomic mass is 9.79. The van der Waals surface area contributed by atoms with Gasteiger partial charge in [-0.15, -0.1) is 0 Å². The third-order valence-electron chi connectivity index (χ3n) is 3.35. The van der Waals surface area contributed by atoms with Crippen molar-refractivity contribution < 1.29 is 19.4 Å². The van der Waals surface area contributed by atoms with Crippen LogP contribution in [0, 0.1) is 5.41 Å².